The number of benzene rings is 1. The van der Waals surface area contributed by atoms with Gasteiger partial charge in [-0.05, 0) is 30.9 Å². The van der Waals surface area contributed by atoms with Gasteiger partial charge in [-0.2, -0.15) is 0 Å². The molecule has 0 aromatic heterocycles. The van der Waals surface area contributed by atoms with Crippen molar-refractivity contribution >= 4 is 15.7 Å². The topological polar surface area (TPSA) is 95.4 Å². The van der Waals surface area contributed by atoms with Crippen LogP contribution in [0.25, 0.3) is 0 Å². The summed E-state index contributed by atoms with van der Waals surface area (Å²) >= 11 is 0. The van der Waals surface area contributed by atoms with E-state index in [0.29, 0.717) is 18.3 Å². The van der Waals surface area contributed by atoms with Crippen LogP contribution in [0.15, 0.2) is 23.1 Å². The first-order valence-corrected chi connectivity index (χ1v) is 7.40. The highest BCUT2D eigenvalue weighted by molar-refractivity contribution is 7.89. The Labute approximate surface area is 108 Å². The van der Waals surface area contributed by atoms with Crippen molar-refractivity contribution in [1.29, 1.82) is 0 Å². The molecule has 0 atom stereocenters. The van der Waals surface area contributed by atoms with Gasteiger partial charge in [0.25, 0.3) is 0 Å². The highest BCUT2D eigenvalue weighted by Crippen LogP contribution is 2.23. The minimum Gasteiger partial charge on any atom is -0.494 e. The molecule has 0 saturated heterocycles. The van der Waals surface area contributed by atoms with E-state index >= 15 is 0 Å². The smallest absolute Gasteiger partial charge is 0.240 e. The zero-order valence-corrected chi connectivity index (χ0v) is 11.5. The molecule has 0 radical (unpaired) electrons. The Morgan fingerprint density at radius 3 is 2.50 bits per heavy atom. The van der Waals surface area contributed by atoms with E-state index in [4.69, 9.17) is 15.6 Å². The lowest BCUT2D eigenvalue weighted by molar-refractivity contribution is 0.297. The van der Waals surface area contributed by atoms with E-state index in [1.807, 2.05) is 0 Å². The van der Waals surface area contributed by atoms with Gasteiger partial charge in [-0.15, -0.1) is 0 Å². The first-order chi connectivity index (χ1) is 8.30. The standard InChI is InChI=1S/C12H20N2O3S/c1-9(2)4-3-7-17-10-5-6-12(11(13)8-10)18(14,15)16/h5-6,8-9H,3-4,7,13H2,1-2H3,(H2,14,15,16). The minimum absolute atomic E-state index is 0.0722. The van der Waals surface area contributed by atoms with E-state index < -0.39 is 10.0 Å². The summed E-state index contributed by atoms with van der Waals surface area (Å²) in [7, 11) is -3.77. The average molecular weight is 272 g/mol. The third-order valence-electron chi connectivity index (χ3n) is 2.48. The lowest BCUT2D eigenvalue weighted by Crippen LogP contribution is -2.14. The molecule has 4 N–H and O–H groups in total. The molecule has 102 valence electrons. The molecular weight excluding hydrogens is 252 g/mol. The Kier molecular flexibility index (Phi) is 4.98. The lowest BCUT2D eigenvalue weighted by atomic mass is 10.1. The third kappa shape index (κ3) is 4.54. The molecule has 0 fully saturated rings. The molecule has 1 aromatic rings. The Bertz CT molecular complexity index is 498. The van der Waals surface area contributed by atoms with Crippen molar-refractivity contribution < 1.29 is 13.2 Å². The molecule has 0 amide bonds. The van der Waals surface area contributed by atoms with Gasteiger partial charge in [-0.1, -0.05) is 13.8 Å². The van der Waals surface area contributed by atoms with Gasteiger partial charge in [0.1, 0.15) is 10.6 Å². The van der Waals surface area contributed by atoms with Gasteiger partial charge in [0.2, 0.25) is 10.0 Å². The Morgan fingerprint density at radius 2 is 2.00 bits per heavy atom. The largest absolute Gasteiger partial charge is 0.494 e. The third-order valence-corrected chi connectivity index (χ3v) is 3.47. The van der Waals surface area contributed by atoms with Crippen LogP contribution in [0.5, 0.6) is 5.75 Å². The van der Waals surface area contributed by atoms with Gasteiger partial charge in [0, 0.05) is 6.07 Å². The van der Waals surface area contributed by atoms with Crippen LogP contribution in [0.3, 0.4) is 0 Å². The van der Waals surface area contributed by atoms with Gasteiger partial charge in [-0.25, -0.2) is 13.6 Å². The quantitative estimate of drug-likeness (QED) is 0.609. The van der Waals surface area contributed by atoms with E-state index in [2.05, 4.69) is 13.8 Å². The molecular formula is C12H20N2O3S. The van der Waals surface area contributed by atoms with Crippen LogP contribution in [0.1, 0.15) is 26.7 Å². The monoisotopic (exact) mass is 272 g/mol. The maximum absolute atomic E-state index is 11.2. The van der Waals surface area contributed by atoms with E-state index in [0.717, 1.165) is 12.8 Å². The molecule has 0 unspecified atom stereocenters. The van der Waals surface area contributed by atoms with Crippen molar-refractivity contribution in [2.75, 3.05) is 12.3 Å². The fraction of sp³-hybridized carbons (Fsp3) is 0.500. The van der Waals surface area contributed by atoms with Gasteiger partial charge in [-0.3, -0.25) is 0 Å². The zero-order valence-electron chi connectivity index (χ0n) is 10.7. The number of nitrogen functional groups attached to an aromatic ring is 1. The summed E-state index contributed by atoms with van der Waals surface area (Å²) in [6.07, 6.45) is 2.04. The van der Waals surface area contributed by atoms with Crippen molar-refractivity contribution in [3.8, 4) is 5.75 Å². The summed E-state index contributed by atoms with van der Waals surface area (Å²) in [5, 5.41) is 5.01. The molecule has 0 aliphatic heterocycles. The number of hydrogen-bond donors (Lipinski definition) is 2. The second-order valence-corrected chi connectivity index (χ2v) is 6.16. The Balaban J connectivity index is 2.63. The van der Waals surface area contributed by atoms with E-state index in [-0.39, 0.29) is 10.6 Å². The number of nitrogens with two attached hydrogens (primary N) is 2. The molecule has 0 aliphatic carbocycles. The van der Waals surface area contributed by atoms with Crippen LogP contribution >= 0.6 is 0 Å². The number of primary sulfonamides is 1. The highest BCUT2D eigenvalue weighted by Gasteiger charge is 2.12. The Morgan fingerprint density at radius 1 is 1.33 bits per heavy atom. The molecule has 0 saturated carbocycles. The van der Waals surface area contributed by atoms with Gasteiger partial charge < -0.3 is 10.5 Å². The summed E-state index contributed by atoms with van der Waals surface area (Å²) in [4.78, 5) is -0.0722. The number of hydrogen-bond acceptors (Lipinski definition) is 4. The van der Waals surface area contributed by atoms with Crippen molar-refractivity contribution in [2.24, 2.45) is 11.1 Å². The minimum atomic E-state index is -3.77. The van der Waals surface area contributed by atoms with Gasteiger partial charge >= 0.3 is 0 Å². The fourth-order valence-corrected chi connectivity index (χ4v) is 2.20. The molecule has 6 heteroatoms. The second kappa shape index (κ2) is 6.06. The summed E-state index contributed by atoms with van der Waals surface area (Å²) in [6.45, 7) is 4.89. The van der Waals surface area contributed by atoms with Crippen LogP contribution in [0.2, 0.25) is 0 Å². The van der Waals surface area contributed by atoms with Crippen LogP contribution in [-0.2, 0) is 10.0 Å². The number of ether oxygens (including phenoxy) is 1. The molecule has 1 aromatic carbocycles. The van der Waals surface area contributed by atoms with Gasteiger partial charge in [0.05, 0.1) is 12.3 Å². The molecule has 18 heavy (non-hydrogen) atoms. The molecule has 0 bridgehead atoms. The second-order valence-electron chi connectivity index (χ2n) is 4.63. The first kappa shape index (κ1) is 14.8. The van der Waals surface area contributed by atoms with Crippen molar-refractivity contribution in [3.05, 3.63) is 18.2 Å². The first-order valence-electron chi connectivity index (χ1n) is 5.86. The fourth-order valence-electron chi connectivity index (χ4n) is 1.56. The van der Waals surface area contributed by atoms with Crippen LogP contribution in [0.4, 0.5) is 5.69 Å². The normalized spacial score (nSPS) is 11.8. The molecule has 0 spiro atoms. The summed E-state index contributed by atoms with van der Waals surface area (Å²) in [6, 6.07) is 4.41. The molecule has 0 aliphatic rings. The lowest BCUT2D eigenvalue weighted by Gasteiger charge is -2.09. The van der Waals surface area contributed by atoms with Crippen molar-refractivity contribution in [2.45, 2.75) is 31.6 Å². The summed E-state index contributed by atoms with van der Waals surface area (Å²) in [5.74, 6) is 1.20. The van der Waals surface area contributed by atoms with E-state index in [1.54, 1.807) is 6.07 Å². The van der Waals surface area contributed by atoms with E-state index in [1.165, 1.54) is 12.1 Å². The molecule has 0 heterocycles. The summed E-state index contributed by atoms with van der Waals surface area (Å²) < 4.78 is 27.8. The maximum Gasteiger partial charge on any atom is 0.240 e. The molecule has 1 rings (SSSR count). The predicted octanol–water partition coefficient (Wildman–Crippen LogP) is 1.73. The highest BCUT2D eigenvalue weighted by atomic mass is 32.2. The average Bonchev–Trinajstić information content (AvgIpc) is 2.22. The van der Waals surface area contributed by atoms with Gasteiger partial charge in [0.15, 0.2) is 0 Å². The van der Waals surface area contributed by atoms with E-state index in [9.17, 15) is 8.42 Å². The number of rotatable bonds is 6. The van der Waals surface area contributed by atoms with Crippen LogP contribution < -0.4 is 15.6 Å². The Hall–Kier alpha value is -1.27. The maximum atomic E-state index is 11.2. The molecule has 5 nitrogen and oxygen atoms in total. The predicted molar refractivity (Wildman–Crippen MR) is 71.8 cm³/mol. The van der Waals surface area contributed by atoms with Crippen molar-refractivity contribution in [1.82, 2.24) is 0 Å². The number of anilines is 1. The van der Waals surface area contributed by atoms with Crippen LogP contribution in [-0.4, -0.2) is 15.0 Å². The van der Waals surface area contributed by atoms with Crippen molar-refractivity contribution in [3.63, 3.8) is 0 Å². The van der Waals surface area contributed by atoms with Crippen LogP contribution in [0, 0.1) is 5.92 Å². The zero-order chi connectivity index (χ0) is 13.8. The summed E-state index contributed by atoms with van der Waals surface area (Å²) in [5.41, 5.74) is 5.73. The number of sulfonamides is 1. The SMILES string of the molecule is CC(C)CCCOc1ccc(S(N)(=O)=O)c(N)c1.